The third kappa shape index (κ3) is 4.45. The molecule has 0 aliphatic rings. The number of rotatable bonds is 6. The molecule has 0 spiro atoms. The first-order valence-corrected chi connectivity index (χ1v) is 5.82. The van der Waals surface area contributed by atoms with E-state index in [0.29, 0.717) is 6.54 Å². The van der Waals surface area contributed by atoms with Gasteiger partial charge in [0.2, 0.25) is 5.91 Å². The third-order valence-electron chi connectivity index (χ3n) is 2.56. The second-order valence-corrected chi connectivity index (χ2v) is 4.12. The van der Waals surface area contributed by atoms with E-state index in [4.69, 9.17) is 5.11 Å². The van der Waals surface area contributed by atoms with Crippen LogP contribution in [0.3, 0.4) is 0 Å². The number of carbonyl (C=O) groups excluding carboxylic acids is 1. The Hall–Kier alpha value is -2.04. The second-order valence-electron chi connectivity index (χ2n) is 4.12. The highest BCUT2D eigenvalue weighted by atomic mass is 16.4. The van der Waals surface area contributed by atoms with Gasteiger partial charge in [-0.3, -0.25) is 9.59 Å². The molecule has 0 aliphatic heterocycles. The molecule has 1 atom stereocenters. The third-order valence-corrected chi connectivity index (χ3v) is 2.56. The average molecular weight is 250 g/mol. The van der Waals surface area contributed by atoms with Crippen molar-refractivity contribution in [2.24, 2.45) is 0 Å². The number of benzene rings is 1. The van der Waals surface area contributed by atoms with Crippen LogP contribution in [0.5, 0.6) is 0 Å². The smallest absolute Gasteiger partial charge is 0.325 e. The largest absolute Gasteiger partial charge is 0.480 e. The topological polar surface area (TPSA) is 78.4 Å². The van der Waals surface area contributed by atoms with Crippen LogP contribution in [0, 0.1) is 6.92 Å². The Kier molecular flexibility index (Phi) is 5.17. The van der Waals surface area contributed by atoms with Crippen LogP contribution in [-0.4, -0.2) is 29.6 Å². The molecule has 1 aromatic carbocycles. The number of para-hydroxylation sites is 1. The SMILES string of the molecule is Cc1ccccc1NCCC(=O)N[C@@H](C)C(=O)O. The number of carboxylic acids is 1. The molecule has 0 bridgehead atoms. The van der Waals surface area contributed by atoms with Crippen LogP contribution in [0.4, 0.5) is 5.69 Å². The molecule has 0 fully saturated rings. The summed E-state index contributed by atoms with van der Waals surface area (Å²) in [6.45, 7) is 3.90. The fraction of sp³-hybridized carbons (Fsp3) is 0.385. The van der Waals surface area contributed by atoms with Gasteiger partial charge in [0.1, 0.15) is 6.04 Å². The number of nitrogens with one attached hydrogen (secondary N) is 2. The molecule has 0 aliphatic carbocycles. The van der Waals surface area contributed by atoms with Crippen LogP contribution in [-0.2, 0) is 9.59 Å². The Bertz CT molecular complexity index is 432. The summed E-state index contributed by atoms with van der Waals surface area (Å²) >= 11 is 0. The van der Waals surface area contributed by atoms with Gasteiger partial charge in [-0.05, 0) is 25.5 Å². The molecule has 1 amide bonds. The number of anilines is 1. The summed E-state index contributed by atoms with van der Waals surface area (Å²) in [4.78, 5) is 22.0. The van der Waals surface area contributed by atoms with Crippen molar-refractivity contribution in [1.82, 2.24) is 5.32 Å². The highest BCUT2D eigenvalue weighted by molar-refractivity contribution is 5.83. The monoisotopic (exact) mass is 250 g/mol. The van der Waals surface area contributed by atoms with Crippen LogP contribution >= 0.6 is 0 Å². The zero-order valence-corrected chi connectivity index (χ0v) is 10.6. The Morgan fingerprint density at radius 3 is 2.61 bits per heavy atom. The van der Waals surface area contributed by atoms with Crippen molar-refractivity contribution in [2.75, 3.05) is 11.9 Å². The molecule has 0 saturated carbocycles. The standard InChI is InChI=1S/C13H18N2O3/c1-9-5-3-4-6-11(9)14-8-7-12(16)15-10(2)13(17)18/h3-6,10,14H,7-8H2,1-2H3,(H,15,16)(H,17,18)/t10-/m0/s1. The maximum atomic E-state index is 11.4. The van der Waals surface area contributed by atoms with E-state index in [1.54, 1.807) is 0 Å². The normalized spacial score (nSPS) is 11.7. The zero-order chi connectivity index (χ0) is 13.5. The van der Waals surface area contributed by atoms with Crippen LogP contribution in [0.1, 0.15) is 18.9 Å². The molecule has 98 valence electrons. The lowest BCUT2D eigenvalue weighted by atomic mass is 10.2. The Morgan fingerprint density at radius 1 is 1.33 bits per heavy atom. The van der Waals surface area contributed by atoms with Gasteiger partial charge < -0.3 is 15.7 Å². The highest BCUT2D eigenvalue weighted by Crippen LogP contribution is 2.12. The Labute approximate surface area is 106 Å². The van der Waals surface area contributed by atoms with Gasteiger partial charge in [0.25, 0.3) is 0 Å². The molecule has 5 heteroatoms. The lowest BCUT2D eigenvalue weighted by molar-refractivity contribution is -0.141. The van der Waals surface area contributed by atoms with E-state index in [2.05, 4.69) is 10.6 Å². The molecule has 0 saturated heterocycles. The summed E-state index contributed by atoms with van der Waals surface area (Å²) < 4.78 is 0. The molecule has 5 nitrogen and oxygen atoms in total. The van der Waals surface area contributed by atoms with Gasteiger partial charge in [0.15, 0.2) is 0 Å². The lowest BCUT2D eigenvalue weighted by Gasteiger charge is -2.11. The maximum Gasteiger partial charge on any atom is 0.325 e. The molecular weight excluding hydrogens is 232 g/mol. The number of aliphatic carboxylic acids is 1. The summed E-state index contributed by atoms with van der Waals surface area (Å²) in [5, 5.41) is 14.2. The Balaban J connectivity index is 2.32. The molecule has 0 unspecified atom stereocenters. The number of hydrogen-bond acceptors (Lipinski definition) is 3. The second kappa shape index (κ2) is 6.64. The summed E-state index contributed by atoms with van der Waals surface area (Å²) in [5.41, 5.74) is 2.09. The minimum absolute atomic E-state index is 0.242. The first kappa shape index (κ1) is 14.0. The van der Waals surface area contributed by atoms with Gasteiger partial charge in [0.05, 0.1) is 0 Å². The van der Waals surface area contributed by atoms with Crippen molar-refractivity contribution in [2.45, 2.75) is 26.3 Å². The van der Waals surface area contributed by atoms with Gasteiger partial charge in [0, 0.05) is 18.7 Å². The molecule has 0 radical (unpaired) electrons. The molecule has 0 aromatic heterocycles. The first-order chi connectivity index (χ1) is 8.50. The van der Waals surface area contributed by atoms with Crippen molar-refractivity contribution < 1.29 is 14.7 Å². The fourth-order valence-corrected chi connectivity index (χ4v) is 1.46. The number of aryl methyl sites for hydroxylation is 1. The molecule has 1 rings (SSSR count). The molecule has 18 heavy (non-hydrogen) atoms. The van der Waals surface area contributed by atoms with Crippen LogP contribution in [0.2, 0.25) is 0 Å². The molecule has 3 N–H and O–H groups in total. The number of amides is 1. The van der Waals surface area contributed by atoms with Crippen molar-refractivity contribution in [3.05, 3.63) is 29.8 Å². The summed E-state index contributed by atoms with van der Waals surface area (Å²) in [7, 11) is 0. The van der Waals surface area contributed by atoms with Crippen LogP contribution in [0.25, 0.3) is 0 Å². The first-order valence-electron chi connectivity index (χ1n) is 5.82. The fourth-order valence-electron chi connectivity index (χ4n) is 1.46. The van der Waals surface area contributed by atoms with Gasteiger partial charge in [-0.1, -0.05) is 18.2 Å². The van der Waals surface area contributed by atoms with E-state index in [9.17, 15) is 9.59 Å². The van der Waals surface area contributed by atoms with Crippen LogP contribution < -0.4 is 10.6 Å². The van der Waals surface area contributed by atoms with Gasteiger partial charge in [-0.15, -0.1) is 0 Å². The van der Waals surface area contributed by atoms with E-state index in [0.717, 1.165) is 11.3 Å². The predicted octanol–water partition coefficient (Wildman–Crippen LogP) is 1.39. The van der Waals surface area contributed by atoms with Gasteiger partial charge in [-0.2, -0.15) is 0 Å². The summed E-state index contributed by atoms with van der Waals surface area (Å²) in [5.74, 6) is -1.30. The molecule has 1 aromatic rings. The van der Waals surface area contributed by atoms with Crippen molar-refractivity contribution in [1.29, 1.82) is 0 Å². The molecule has 0 heterocycles. The number of carboxylic acid groups (broad SMARTS) is 1. The average Bonchev–Trinajstić information content (AvgIpc) is 2.31. The van der Waals surface area contributed by atoms with Gasteiger partial charge >= 0.3 is 5.97 Å². The van der Waals surface area contributed by atoms with Crippen molar-refractivity contribution >= 4 is 17.6 Å². The Morgan fingerprint density at radius 2 is 2.00 bits per heavy atom. The summed E-state index contributed by atoms with van der Waals surface area (Å²) in [6.07, 6.45) is 0.242. The van der Waals surface area contributed by atoms with Crippen molar-refractivity contribution in [3.8, 4) is 0 Å². The van der Waals surface area contributed by atoms with E-state index in [1.165, 1.54) is 6.92 Å². The number of hydrogen-bond donors (Lipinski definition) is 3. The van der Waals surface area contributed by atoms with E-state index < -0.39 is 12.0 Å². The quantitative estimate of drug-likeness (QED) is 0.713. The maximum absolute atomic E-state index is 11.4. The van der Waals surface area contributed by atoms with Gasteiger partial charge in [-0.25, -0.2) is 0 Å². The van der Waals surface area contributed by atoms with Crippen LogP contribution in [0.15, 0.2) is 24.3 Å². The zero-order valence-electron chi connectivity index (χ0n) is 10.6. The minimum Gasteiger partial charge on any atom is -0.480 e. The predicted molar refractivity (Wildman–Crippen MR) is 69.5 cm³/mol. The minimum atomic E-state index is -1.03. The lowest BCUT2D eigenvalue weighted by Crippen LogP contribution is -2.38. The summed E-state index contributed by atoms with van der Waals surface area (Å²) in [6, 6.07) is 6.93. The van der Waals surface area contributed by atoms with E-state index in [-0.39, 0.29) is 12.3 Å². The van der Waals surface area contributed by atoms with Crippen molar-refractivity contribution in [3.63, 3.8) is 0 Å². The number of carbonyl (C=O) groups is 2. The van der Waals surface area contributed by atoms with E-state index in [1.807, 2.05) is 31.2 Å². The van der Waals surface area contributed by atoms with E-state index >= 15 is 0 Å². The highest BCUT2D eigenvalue weighted by Gasteiger charge is 2.13. The molecular formula is C13H18N2O3.